The van der Waals surface area contributed by atoms with Gasteiger partial charge in [0.2, 0.25) is 0 Å². The first-order valence-corrected chi connectivity index (χ1v) is 4.69. The van der Waals surface area contributed by atoms with Gasteiger partial charge in [0.25, 0.3) is 0 Å². The molecule has 2 nitrogen and oxygen atoms in total. The smallest absolute Gasteiger partial charge is 0.0625 e. The molecule has 12 heavy (non-hydrogen) atoms. The summed E-state index contributed by atoms with van der Waals surface area (Å²) >= 11 is 0. The number of hydrogen-bond donors (Lipinski definition) is 2. The Hall–Kier alpha value is -0.0800. The van der Waals surface area contributed by atoms with Gasteiger partial charge in [0, 0.05) is 0 Å². The van der Waals surface area contributed by atoms with E-state index in [2.05, 4.69) is 6.92 Å². The lowest BCUT2D eigenvalue weighted by atomic mass is 9.54. The molecule has 3 atom stereocenters. The van der Waals surface area contributed by atoms with E-state index in [0.717, 1.165) is 12.8 Å². The first-order chi connectivity index (χ1) is 5.28. The maximum Gasteiger partial charge on any atom is 0.0625 e. The van der Waals surface area contributed by atoms with Crippen LogP contribution in [0, 0.1) is 11.3 Å². The molecule has 0 aromatic heterocycles. The Morgan fingerprint density at radius 2 is 2.00 bits per heavy atom. The van der Waals surface area contributed by atoms with Crippen LogP contribution in [0.15, 0.2) is 0 Å². The monoisotopic (exact) mass is 172 g/mol. The maximum atomic E-state index is 9.81. The molecule has 0 saturated heterocycles. The van der Waals surface area contributed by atoms with Gasteiger partial charge in [0.1, 0.15) is 0 Å². The zero-order valence-corrected chi connectivity index (χ0v) is 8.46. The minimum atomic E-state index is -0.649. The minimum Gasteiger partial charge on any atom is -0.393 e. The van der Waals surface area contributed by atoms with Crippen LogP contribution in [0.1, 0.15) is 40.5 Å². The molecule has 1 saturated carbocycles. The second kappa shape index (κ2) is 2.71. The van der Waals surface area contributed by atoms with Crippen molar-refractivity contribution in [3.63, 3.8) is 0 Å². The predicted molar refractivity (Wildman–Crippen MR) is 48.8 cm³/mol. The molecule has 0 spiro atoms. The van der Waals surface area contributed by atoms with Gasteiger partial charge in [0.05, 0.1) is 11.7 Å². The number of aliphatic hydroxyl groups is 2. The van der Waals surface area contributed by atoms with Crippen LogP contribution in [0.25, 0.3) is 0 Å². The summed E-state index contributed by atoms with van der Waals surface area (Å²) in [5, 5.41) is 19.4. The largest absolute Gasteiger partial charge is 0.393 e. The molecule has 1 aliphatic rings. The fourth-order valence-corrected chi connectivity index (χ4v) is 2.40. The molecule has 0 aromatic rings. The fraction of sp³-hybridized carbons (Fsp3) is 1.00. The first-order valence-electron chi connectivity index (χ1n) is 4.69. The molecule has 0 amide bonds. The van der Waals surface area contributed by atoms with E-state index in [9.17, 15) is 10.2 Å². The SMILES string of the molecule is CC(O)C1(C)CCC1C(C)(C)O. The van der Waals surface area contributed by atoms with Gasteiger partial charge >= 0.3 is 0 Å². The van der Waals surface area contributed by atoms with Crippen LogP contribution in [-0.2, 0) is 0 Å². The van der Waals surface area contributed by atoms with Crippen LogP contribution in [-0.4, -0.2) is 21.9 Å². The molecule has 2 N–H and O–H groups in total. The van der Waals surface area contributed by atoms with Crippen molar-refractivity contribution in [1.29, 1.82) is 0 Å². The molecular formula is C10H20O2. The zero-order valence-electron chi connectivity index (χ0n) is 8.46. The molecule has 1 rings (SSSR count). The summed E-state index contributed by atoms with van der Waals surface area (Å²) in [4.78, 5) is 0. The highest BCUT2D eigenvalue weighted by Crippen LogP contribution is 2.53. The van der Waals surface area contributed by atoms with Crippen molar-refractivity contribution < 1.29 is 10.2 Å². The summed E-state index contributed by atoms with van der Waals surface area (Å²) in [5.41, 5.74) is -0.720. The molecule has 1 fully saturated rings. The average Bonchev–Trinajstić information content (AvgIpc) is 1.79. The van der Waals surface area contributed by atoms with Gasteiger partial charge in [-0.25, -0.2) is 0 Å². The Labute approximate surface area is 74.6 Å². The van der Waals surface area contributed by atoms with Gasteiger partial charge in [-0.15, -0.1) is 0 Å². The van der Waals surface area contributed by atoms with E-state index >= 15 is 0 Å². The van der Waals surface area contributed by atoms with Crippen LogP contribution in [0.2, 0.25) is 0 Å². The molecule has 0 bridgehead atoms. The minimum absolute atomic E-state index is 0.0712. The van der Waals surface area contributed by atoms with Gasteiger partial charge < -0.3 is 10.2 Å². The van der Waals surface area contributed by atoms with Gasteiger partial charge in [-0.1, -0.05) is 6.92 Å². The Morgan fingerprint density at radius 1 is 1.50 bits per heavy atom. The third-order valence-electron chi connectivity index (χ3n) is 3.57. The second-order valence-electron chi connectivity index (χ2n) is 4.93. The highest BCUT2D eigenvalue weighted by atomic mass is 16.3. The lowest BCUT2D eigenvalue weighted by molar-refractivity contribution is -0.151. The second-order valence-corrected chi connectivity index (χ2v) is 4.93. The maximum absolute atomic E-state index is 9.81. The average molecular weight is 172 g/mol. The Balaban J connectivity index is 2.72. The van der Waals surface area contributed by atoms with Crippen LogP contribution in [0.3, 0.4) is 0 Å². The molecule has 0 radical (unpaired) electrons. The number of hydrogen-bond acceptors (Lipinski definition) is 2. The molecule has 0 heterocycles. The first kappa shape index (κ1) is 10.0. The van der Waals surface area contributed by atoms with Gasteiger partial charge in [0.15, 0.2) is 0 Å². The third kappa shape index (κ3) is 1.38. The predicted octanol–water partition coefficient (Wildman–Crippen LogP) is 1.55. The molecule has 2 heteroatoms. The van der Waals surface area contributed by atoms with Crippen molar-refractivity contribution in [2.75, 3.05) is 0 Å². The summed E-state index contributed by atoms with van der Waals surface area (Å²) in [6.45, 7) is 7.54. The summed E-state index contributed by atoms with van der Waals surface area (Å²) in [5.74, 6) is 0.241. The summed E-state index contributed by atoms with van der Waals surface area (Å²) in [7, 11) is 0. The van der Waals surface area contributed by atoms with E-state index in [0.29, 0.717) is 0 Å². The fourth-order valence-electron chi connectivity index (χ4n) is 2.40. The summed E-state index contributed by atoms with van der Waals surface area (Å²) in [6, 6.07) is 0. The Bertz CT molecular complexity index is 169. The lowest BCUT2D eigenvalue weighted by Crippen LogP contribution is -2.54. The number of rotatable bonds is 2. The molecule has 72 valence electrons. The van der Waals surface area contributed by atoms with E-state index in [1.807, 2.05) is 20.8 Å². The van der Waals surface area contributed by atoms with E-state index in [1.54, 1.807) is 0 Å². The lowest BCUT2D eigenvalue weighted by Gasteiger charge is -2.54. The van der Waals surface area contributed by atoms with Crippen molar-refractivity contribution in [3.05, 3.63) is 0 Å². The van der Waals surface area contributed by atoms with Crippen LogP contribution in [0.4, 0.5) is 0 Å². The molecule has 0 aromatic carbocycles. The molecule has 3 unspecified atom stereocenters. The van der Waals surface area contributed by atoms with Gasteiger partial charge in [-0.2, -0.15) is 0 Å². The zero-order chi connectivity index (χ0) is 9.57. The van der Waals surface area contributed by atoms with E-state index < -0.39 is 5.60 Å². The summed E-state index contributed by atoms with van der Waals surface area (Å²) < 4.78 is 0. The molecular weight excluding hydrogens is 152 g/mol. The van der Waals surface area contributed by atoms with Crippen molar-refractivity contribution in [3.8, 4) is 0 Å². The standard InChI is InChI=1S/C10H20O2/c1-7(11)10(4)6-5-8(10)9(2,3)12/h7-8,11-12H,5-6H2,1-4H3. The molecule has 0 aliphatic heterocycles. The van der Waals surface area contributed by atoms with E-state index in [-0.39, 0.29) is 17.4 Å². The van der Waals surface area contributed by atoms with Crippen LogP contribution in [0.5, 0.6) is 0 Å². The number of aliphatic hydroxyl groups excluding tert-OH is 1. The van der Waals surface area contributed by atoms with Gasteiger partial charge in [-0.05, 0) is 44.9 Å². The van der Waals surface area contributed by atoms with E-state index in [4.69, 9.17) is 0 Å². The Morgan fingerprint density at radius 3 is 2.08 bits per heavy atom. The van der Waals surface area contributed by atoms with Crippen LogP contribution >= 0.6 is 0 Å². The van der Waals surface area contributed by atoms with Crippen molar-refractivity contribution in [1.82, 2.24) is 0 Å². The van der Waals surface area contributed by atoms with Crippen molar-refractivity contribution in [2.45, 2.75) is 52.2 Å². The normalized spacial score (nSPS) is 39.0. The van der Waals surface area contributed by atoms with Gasteiger partial charge in [-0.3, -0.25) is 0 Å². The highest BCUT2D eigenvalue weighted by molar-refractivity contribution is 5.01. The molecule has 1 aliphatic carbocycles. The quantitative estimate of drug-likeness (QED) is 0.663. The topological polar surface area (TPSA) is 40.5 Å². The highest BCUT2D eigenvalue weighted by Gasteiger charge is 2.52. The van der Waals surface area contributed by atoms with Crippen LogP contribution < -0.4 is 0 Å². The van der Waals surface area contributed by atoms with Crippen molar-refractivity contribution >= 4 is 0 Å². The third-order valence-corrected chi connectivity index (χ3v) is 3.57. The van der Waals surface area contributed by atoms with E-state index in [1.165, 1.54) is 0 Å². The Kier molecular flexibility index (Phi) is 2.26. The summed E-state index contributed by atoms with van der Waals surface area (Å²) in [6.07, 6.45) is 1.74. The van der Waals surface area contributed by atoms with Crippen molar-refractivity contribution in [2.24, 2.45) is 11.3 Å².